The van der Waals surface area contributed by atoms with Gasteiger partial charge in [0, 0.05) is 22.5 Å². The third kappa shape index (κ3) is 4.04. The molecule has 2 rings (SSSR count). The molecule has 3 N–H and O–H groups in total. The first-order valence-electron chi connectivity index (χ1n) is 6.56. The number of hydrazine groups is 1. The maximum atomic E-state index is 11.5. The highest BCUT2D eigenvalue weighted by Crippen LogP contribution is 2.25. The SMILES string of the molecule is CC(c1cccc(Cl)c1)N(C)Cc1ccc(C(=O)NN)s1. The lowest BCUT2D eigenvalue weighted by molar-refractivity contribution is 0.0957. The number of amides is 1. The number of rotatable bonds is 5. The van der Waals surface area contributed by atoms with E-state index in [-0.39, 0.29) is 11.9 Å². The van der Waals surface area contributed by atoms with E-state index in [1.165, 1.54) is 16.9 Å². The fourth-order valence-electron chi connectivity index (χ4n) is 2.06. The molecule has 0 radical (unpaired) electrons. The molecule has 1 amide bonds. The van der Waals surface area contributed by atoms with Crippen molar-refractivity contribution in [3.05, 3.63) is 56.7 Å². The number of benzene rings is 1. The van der Waals surface area contributed by atoms with Gasteiger partial charge in [0.05, 0.1) is 4.88 Å². The predicted octanol–water partition coefficient (Wildman–Crippen LogP) is 3.20. The summed E-state index contributed by atoms with van der Waals surface area (Å²) >= 11 is 7.49. The highest BCUT2D eigenvalue weighted by atomic mass is 35.5. The first-order valence-corrected chi connectivity index (χ1v) is 7.76. The van der Waals surface area contributed by atoms with E-state index in [0.29, 0.717) is 4.88 Å². The molecule has 1 aromatic heterocycles. The Morgan fingerprint density at radius 1 is 1.43 bits per heavy atom. The number of nitrogens with two attached hydrogens (primary N) is 1. The Morgan fingerprint density at radius 3 is 2.86 bits per heavy atom. The molecule has 1 aromatic carbocycles. The van der Waals surface area contributed by atoms with Gasteiger partial charge in [-0.25, -0.2) is 5.84 Å². The summed E-state index contributed by atoms with van der Waals surface area (Å²) in [6, 6.07) is 11.8. The number of hydrogen-bond donors (Lipinski definition) is 2. The van der Waals surface area contributed by atoms with Crippen LogP contribution >= 0.6 is 22.9 Å². The van der Waals surface area contributed by atoms with E-state index in [4.69, 9.17) is 17.4 Å². The lowest BCUT2D eigenvalue weighted by atomic mass is 10.1. The molecule has 0 saturated heterocycles. The normalized spacial score (nSPS) is 12.4. The Kier molecular flexibility index (Phi) is 5.36. The molecule has 6 heteroatoms. The average molecular weight is 324 g/mol. The molecule has 0 bridgehead atoms. The van der Waals surface area contributed by atoms with Crippen LogP contribution in [0.3, 0.4) is 0 Å². The molecule has 1 atom stereocenters. The van der Waals surface area contributed by atoms with Crippen molar-refractivity contribution in [1.82, 2.24) is 10.3 Å². The molecule has 21 heavy (non-hydrogen) atoms. The summed E-state index contributed by atoms with van der Waals surface area (Å²) < 4.78 is 0. The summed E-state index contributed by atoms with van der Waals surface area (Å²) in [4.78, 5) is 15.4. The first-order chi connectivity index (χ1) is 10.0. The Hall–Kier alpha value is -1.40. The van der Waals surface area contributed by atoms with Gasteiger partial charge >= 0.3 is 0 Å². The first kappa shape index (κ1) is 16.0. The van der Waals surface area contributed by atoms with E-state index in [1.807, 2.05) is 31.3 Å². The van der Waals surface area contributed by atoms with Gasteiger partial charge in [0.15, 0.2) is 0 Å². The Bertz CT molecular complexity index is 629. The van der Waals surface area contributed by atoms with Crippen LogP contribution in [0, 0.1) is 0 Å². The Labute approximate surface area is 133 Å². The zero-order chi connectivity index (χ0) is 15.4. The Morgan fingerprint density at radius 2 is 2.19 bits per heavy atom. The van der Waals surface area contributed by atoms with Crippen molar-refractivity contribution in [1.29, 1.82) is 0 Å². The predicted molar refractivity (Wildman–Crippen MR) is 87.3 cm³/mol. The maximum Gasteiger partial charge on any atom is 0.275 e. The summed E-state index contributed by atoms with van der Waals surface area (Å²) in [6.45, 7) is 2.89. The van der Waals surface area contributed by atoms with E-state index in [2.05, 4.69) is 23.3 Å². The van der Waals surface area contributed by atoms with E-state index in [0.717, 1.165) is 16.4 Å². The van der Waals surface area contributed by atoms with Crippen molar-refractivity contribution >= 4 is 28.8 Å². The lowest BCUT2D eigenvalue weighted by Gasteiger charge is -2.24. The van der Waals surface area contributed by atoms with Crippen LogP contribution in [0.5, 0.6) is 0 Å². The molecule has 0 spiro atoms. The van der Waals surface area contributed by atoms with Gasteiger partial charge in [-0.1, -0.05) is 23.7 Å². The van der Waals surface area contributed by atoms with E-state index >= 15 is 0 Å². The van der Waals surface area contributed by atoms with Gasteiger partial charge in [-0.2, -0.15) is 0 Å². The van der Waals surface area contributed by atoms with Gasteiger partial charge in [-0.3, -0.25) is 15.1 Å². The highest BCUT2D eigenvalue weighted by molar-refractivity contribution is 7.14. The maximum absolute atomic E-state index is 11.5. The van der Waals surface area contributed by atoms with E-state index in [1.54, 1.807) is 6.07 Å². The minimum absolute atomic E-state index is 0.234. The van der Waals surface area contributed by atoms with Gasteiger partial charge in [0.25, 0.3) is 5.91 Å². The Balaban J connectivity index is 2.05. The van der Waals surface area contributed by atoms with Gasteiger partial charge in [-0.15, -0.1) is 11.3 Å². The second kappa shape index (κ2) is 7.04. The van der Waals surface area contributed by atoms with Crippen molar-refractivity contribution in [3.8, 4) is 0 Å². The molecule has 0 aliphatic heterocycles. The van der Waals surface area contributed by atoms with Crippen LogP contribution in [0.15, 0.2) is 36.4 Å². The minimum atomic E-state index is -0.253. The zero-order valence-corrected chi connectivity index (χ0v) is 13.5. The van der Waals surface area contributed by atoms with Crippen molar-refractivity contribution in [3.63, 3.8) is 0 Å². The van der Waals surface area contributed by atoms with Crippen LogP contribution < -0.4 is 11.3 Å². The average Bonchev–Trinajstić information content (AvgIpc) is 2.94. The molecular formula is C15H18ClN3OS. The molecule has 1 heterocycles. The quantitative estimate of drug-likeness (QED) is 0.504. The van der Waals surface area contributed by atoms with Crippen molar-refractivity contribution in [2.24, 2.45) is 5.84 Å². The number of nitrogens with one attached hydrogen (secondary N) is 1. The summed E-state index contributed by atoms with van der Waals surface area (Å²) in [5.41, 5.74) is 3.31. The number of thiophene rings is 1. The molecule has 0 aliphatic rings. The fraction of sp³-hybridized carbons (Fsp3) is 0.267. The topological polar surface area (TPSA) is 58.4 Å². The number of nitrogens with zero attached hydrogens (tertiary/aromatic N) is 1. The van der Waals surface area contributed by atoms with Crippen LogP contribution in [-0.4, -0.2) is 17.9 Å². The van der Waals surface area contributed by atoms with Crippen LogP contribution in [0.1, 0.15) is 33.1 Å². The van der Waals surface area contributed by atoms with Crippen molar-refractivity contribution in [2.45, 2.75) is 19.5 Å². The fourth-order valence-corrected chi connectivity index (χ4v) is 3.23. The summed E-state index contributed by atoms with van der Waals surface area (Å²) in [6.07, 6.45) is 0. The number of carbonyl (C=O) groups excluding carboxylic acids is 1. The molecular weight excluding hydrogens is 306 g/mol. The second-order valence-electron chi connectivity index (χ2n) is 4.89. The molecule has 1 unspecified atom stereocenters. The summed E-state index contributed by atoms with van der Waals surface area (Å²) in [5.74, 6) is 4.88. The van der Waals surface area contributed by atoms with E-state index < -0.39 is 0 Å². The molecule has 0 fully saturated rings. The van der Waals surface area contributed by atoms with Gasteiger partial charge in [0.2, 0.25) is 0 Å². The standard InChI is InChI=1S/C15H18ClN3OS/c1-10(11-4-3-5-12(16)8-11)19(2)9-13-6-7-14(21-13)15(20)18-17/h3-8,10H,9,17H2,1-2H3,(H,18,20). The molecule has 112 valence electrons. The molecule has 4 nitrogen and oxygen atoms in total. The highest BCUT2D eigenvalue weighted by Gasteiger charge is 2.14. The number of halogens is 1. The van der Waals surface area contributed by atoms with Gasteiger partial charge < -0.3 is 0 Å². The lowest BCUT2D eigenvalue weighted by Crippen LogP contribution is -2.29. The van der Waals surface area contributed by atoms with Crippen LogP contribution in [0.25, 0.3) is 0 Å². The number of carbonyl (C=O) groups is 1. The summed E-state index contributed by atoms with van der Waals surface area (Å²) in [7, 11) is 2.05. The monoisotopic (exact) mass is 323 g/mol. The number of hydrogen-bond acceptors (Lipinski definition) is 4. The smallest absolute Gasteiger partial charge is 0.275 e. The molecule has 0 saturated carbocycles. The zero-order valence-electron chi connectivity index (χ0n) is 12.0. The number of nitrogen functional groups attached to an aromatic ring is 1. The molecule has 2 aromatic rings. The third-order valence-corrected chi connectivity index (χ3v) is 4.72. The van der Waals surface area contributed by atoms with Gasteiger partial charge in [0.1, 0.15) is 0 Å². The van der Waals surface area contributed by atoms with Gasteiger partial charge in [-0.05, 0) is 43.8 Å². The second-order valence-corrected chi connectivity index (χ2v) is 6.49. The summed E-state index contributed by atoms with van der Waals surface area (Å²) in [5, 5.41) is 0.741. The van der Waals surface area contributed by atoms with Crippen LogP contribution in [-0.2, 0) is 6.54 Å². The van der Waals surface area contributed by atoms with Crippen molar-refractivity contribution in [2.75, 3.05) is 7.05 Å². The van der Waals surface area contributed by atoms with E-state index in [9.17, 15) is 4.79 Å². The largest absolute Gasteiger partial charge is 0.295 e. The van der Waals surface area contributed by atoms with Crippen LogP contribution in [0.4, 0.5) is 0 Å². The third-order valence-electron chi connectivity index (χ3n) is 3.41. The van der Waals surface area contributed by atoms with Crippen molar-refractivity contribution < 1.29 is 4.79 Å². The van der Waals surface area contributed by atoms with Crippen LogP contribution in [0.2, 0.25) is 5.02 Å². The molecule has 0 aliphatic carbocycles. The minimum Gasteiger partial charge on any atom is -0.295 e.